The summed E-state index contributed by atoms with van der Waals surface area (Å²) >= 11 is 0. The Morgan fingerprint density at radius 2 is 2.11 bits per heavy atom. The molecule has 2 aromatic carbocycles. The molecule has 1 aliphatic rings. The number of benzene rings is 2. The molecule has 2 atom stereocenters. The van der Waals surface area contributed by atoms with Gasteiger partial charge in [-0.05, 0) is 29.8 Å². The van der Waals surface area contributed by atoms with Gasteiger partial charge in [-0.15, -0.1) is 0 Å². The smallest absolute Gasteiger partial charge is 0.133 e. The molecule has 0 amide bonds. The second-order valence-corrected chi connectivity index (χ2v) is 7.06. The zero-order chi connectivity index (χ0) is 19.2. The summed E-state index contributed by atoms with van der Waals surface area (Å²) in [5.41, 5.74) is 1.79. The molecule has 0 spiro atoms. The lowest BCUT2D eigenvalue weighted by Gasteiger charge is -2.25. The Kier molecular flexibility index (Phi) is 3.97. The molecule has 1 aromatic heterocycles. The SMILES string of the molecule is CN(C)c1cccc([C@@]2(O)C[C@H](c3ccc(C#N)cc3F)n3cncc32)c1. The molecule has 0 fully saturated rings. The topological polar surface area (TPSA) is 65.1 Å². The summed E-state index contributed by atoms with van der Waals surface area (Å²) in [6, 6.07) is 13.7. The van der Waals surface area contributed by atoms with Crippen LogP contribution in [0.1, 0.15) is 34.8 Å². The van der Waals surface area contributed by atoms with Gasteiger partial charge in [0.2, 0.25) is 0 Å². The molecule has 2 heterocycles. The van der Waals surface area contributed by atoms with Crippen LogP contribution < -0.4 is 4.90 Å². The summed E-state index contributed by atoms with van der Waals surface area (Å²) in [5, 5.41) is 20.5. The van der Waals surface area contributed by atoms with Crippen molar-refractivity contribution in [3.63, 3.8) is 0 Å². The highest BCUT2D eigenvalue weighted by Gasteiger charge is 2.45. The Labute approximate surface area is 156 Å². The first-order valence-corrected chi connectivity index (χ1v) is 8.66. The molecule has 136 valence electrons. The van der Waals surface area contributed by atoms with Crippen LogP contribution in [0.15, 0.2) is 55.0 Å². The van der Waals surface area contributed by atoms with Gasteiger partial charge in [0.15, 0.2) is 0 Å². The first-order valence-electron chi connectivity index (χ1n) is 8.66. The molecule has 0 aliphatic carbocycles. The summed E-state index contributed by atoms with van der Waals surface area (Å²) in [5.74, 6) is -0.454. The van der Waals surface area contributed by atoms with Gasteiger partial charge in [-0.3, -0.25) is 0 Å². The predicted octanol–water partition coefficient (Wildman–Crippen LogP) is 3.19. The Morgan fingerprint density at radius 3 is 2.81 bits per heavy atom. The fourth-order valence-corrected chi connectivity index (χ4v) is 3.79. The second kappa shape index (κ2) is 6.22. The molecule has 0 radical (unpaired) electrons. The maximum Gasteiger partial charge on any atom is 0.133 e. The maximum absolute atomic E-state index is 14.6. The Morgan fingerprint density at radius 1 is 1.30 bits per heavy atom. The van der Waals surface area contributed by atoms with Gasteiger partial charge in [0.25, 0.3) is 0 Å². The van der Waals surface area contributed by atoms with E-state index in [-0.39, 0.29) is 5.56 Å². The van der Waals surface area contributed by atoms with Gasteiger partial charge in [-0.25, -0.2) is 9.37 Å². The Bertz CT molecular complexity index is 1050. The summed E-state index contributed by atoms with van der Waals surface area (Å²) in [7, 11) is 3.88. The molecule has 0 unspecified atom stereocenters. The lowest BCUT2D eigenvalue weighted by molar-refractivity contribution is 0.0793. The zero-order valence-corrected chi connectivity index (χ0v) is 15.1. The van der Waals surface area contributed by atoms with Gasteiger partial charge in [0.05, 0.1) is 35.9 Å². The highest BCUT2D eigenvalue weighted by atomic mass is 19.1. The monoisotopic (exact) mass is 362 g/mol. The predicted molar refractivity (Wildman–Crippen MR) is 99.9 cm³/mol. The average molecular weight is 362 g/mol. The van der Waals surface area contributed by atoms with E-state index < -0.39 is 17.5 Å². The van der Waals surface area contributed by atoms with E-state index in [0.717, 1.165) is 11.3 Å². The number of hydrogen-bond acceptors (Lipinski definition) is 4. The Hall–Kier alpha value is -3.17. The van der Waals surface area contributed by atoms with Crippen LogP contribution in [0.5, 0.6) is 0 Å². The van der Waals surface area contributed by atoms with Crippen molar-refractivity contribution in [3.05, 3.63) is 83.2 Å². The number of nitrogens with zero attached hydrogens (tertiary/aromatic N) is 4. The number of aliphatic hydroxyl groups is 1. The minimum Gasteiger partial charge on any atom is -0.379 e. The Balaban J connectivity index is 1.81. The molecule has 0 saturated carbocycles. The van der Waals surface area contributed by atoms with E-state index in [9.17, 15) is 9.50 Å². The van der Waals surface area contributed by atoms with E-state index in [1.165, 1.54) is 6.07 Å². The maximum atomic E-state index is 14.6. The van der Waals surface area contributed by atoms with Crippen LogP contribution in [0, 0.1) is 17.1 Å². The second-order valence-electron chi connectivity index (χ2n) is 7.06. The molecule has 1 N–H and O–H groups in total. The van der Waals surface area contributed by atoms with Crippen molar-refractivity contribution in [1.29, 1.82) is 5.26 Å². The molecular formula is C21H19FN4O. The zero-order valence-electron chi connectivity index (χ0n) is 15.1. The molecular weight excluding hydrogens is 343 g/mol. The normalized spacial score (nSPS) is 20.9. The number of anilines is 1. The minimum absolute atomic E-state index is 0.272. The highest BCUT2D eigenvalue weighted by Crippen LogP contribution is 2.47. The number of aromatic nitrogens is 2. The number of halogens is 1. The molecule has 4 rings (SSSR count). The van der Waals surface area contributed by atoms with E-state index in [4.69, 9.17) is 5.26 Å². The number of fused-ring (bicyclic) bond motifs is 1. The third kappa shape index (κ3) is 2.68. The lowest BCUT2D eigenvalue weighted by Crippen LogP contribution is -2.25. The molecule has 0 saturated heterocycles. The fraction of sp³-hybridized carbons (Fsp3) is 0.238. The van der Waals surface area contributed by atoms with E-state index in [0.29, 0.717) is 17.7 Å². The summed E-state index contributed by atoms with van der Waals surface area (Å²) < 4.78 is 16.5. The number of nitriles is 1. The first kappa shape index (κ1) is 17.3. The van der Waals surface area contributed by atoms with E-state index in [2.05, 4.69) is 4.98 Å². The first-order chi connectivity index (χ1) is 12.9. The summed E-state index contributed by atoms with van der Waals surface area (Å²) in [4.78, 5) is 6.15. The van der Waals surface area contributed by atoms with Crippen molar-refractivity contribution in [2.75, 3.05) is 19.0 Å². The van der Waals surface area contributed by atoms with Crippen molar-refractivity contribution in [2.45, 2.75) is 18.1 Å². The van der Waals surface area contributed by atoms with E-state index in [1.807, 2.05) is 53.9 Å². The molecule has 0 bridgehead atoms. The minimum atomic E-state index is -1.27. The van der Waals surface area contributed by atoms with Gasteiger partial charge in [0.1, 0.15) is 11.4 Å². The van der Waals surface area contributed by atoms with E-state index in [1.54, 1.807) is 24.7 Å². The van der Waals surface area contributed by atoms with Crippen molar-refractivity contribution in [1.82, 2.24) is 9.55 Å². The third-order valence-corrected chi connectivity index (χ3v) is 5.24. The van der Waals surface area contributed by atoms with Crippen LogP contribution in [0.3, 0.4) is 0 Å². The third-order valence-electron chi connectivity index (χ3n) is 5.24. The molecule has 6 heteroatoms. The molecule has 27 heavy (non-hydrogen) atoms. The number of rotatable bonds is 3. The molecule has 5 nitrogen and oxygen atoms in total. The number of hydrogen-bond donors (Lipinski definition) is 1. The quantitative estimate of drug-likeness (QED) is 0.777. The van der Waals surface area contributed by atoms with Crippen LogP contribution in [0.2, 0.25) is 0 Å². The highest BCUT2D eigenvalue weighted by molar-refractivity contribution is 5.51. The van der Waals surface area contributed by atoms with Crippen molar-refractivity contribution < 1.29 is 9.50 Å². The van der Waals surface area contributed by atoms with Crippen LogP contribution in [-0.2, 0) is 5.60 Å². The van der Waals surface area contributed by atoms with E-state index >= 15 is 0 Å². The van der Waals surface area contributed by atoms with Crippen LogP contribution in [-0.4, -0.2) is 28.8 Å². The number of imidazole rings is 1. The largest absolute Gasteiger partial charge is 0.379 e. The fourth-order valence-electron chi connectivity index (χ4n) is 3.79. The lowest BCUT2D eigenvalue weighted by atomic mass is 9.86. The standard InChI is InChI=1S/C21H19FN4O/c1-25(2)16-5-3-4-15(9-16)21(27)10-19(26-13-24-12-20(21)26)17-7-6-14(11-23)8-18(17)22/h3-9,12-13,19,27H,10H2,1-2H3/t19-,21+/m1/s1. The van der Waals surface area contributed by atoms with Gasteiger partial charge in [-0.2, -0.15) is 5.26 Å². The summed E-state index contributed by atoms with van der Waals surface area (Å²) in [6.07, 6.45) is 3.54. The van der Waals surface area contributed by atoms with Crippen molar-refractivity contribution >= 4 is 5.69 Å². The van der Waals surface area contributed by atoms with Gasteiger partial charge in [-0.1, -0.05) is 18.2 Å². The van der Waals surface area contributed by atoms with Gasteiger partial charge < -0.3 is 14.6 Å². The van der Waals surface area contributed by atoms with Crippen molar-refractivity contribution in [3.8, 4) is 6.07 Å². The average Bonchev–Trinajstić information content (AvgIpc) is 3.25. The van der Waals surface area contributed by atoms with Crippen LogP contribution in [0.4, 0.5) is 10.1 Å². The molecule has 1 aliphatic heterocycles. The van der Waals surface area contributed by atoms with Crippen LogP contribution >= 0.6 is 0 Å². The summed E-state index contributed by atoms with van der Waals surface area (Å²) in [6.45, 7) is 0. The molecule has 3 aromatic rings. The van der Waals surface area contributed by atoms with Crippen molar-refractivity contribution in [2.24, 2.45) is 0 Å². The van der Waals surface area contributed by atoms with Gasteiger partial charge >= 0.3 is 0 Å². The van der Waals surface area contributed by atoms with Gasteiger partial charge in [0, 0.05) is 31.8 Å². The van der Waals surface area contributed by atoms with Crippen LogP contribution in [0.25, 0.3) is 0 Å².